The maximum atomic E-state index is 12.8. The standard InChI is InChI=1S/C18H14N4O3S2/c23-15-8-5-11-3-1-2-4-12(11)13(15)6-7-14-17(25)22(18(26)20-19-14)21-10-27-9-16(21)24/h1-8,23H,9-10H2,(H,20,26). The maximum absolute atomic E-state index is 12.8. The first-order chi connectivity index (χ1) is 13.1. The second-order valence-electron chi connectivity index (χ2n) is 5.85. The number of hydrogen-bond acceptors (Lipinski definition) is 6. The van der Waals surface area contributed by atoms with Crippen LogP contribution in [0.25, 0.3) is 22.9 Å². The van der Waals surface area contributed by atoms with Gasteiger partial charge < -0.3 is 5.11 Å². The third-order valence-corrected chi connectivity index (χ3v) is 5.34. The summed E-state index contributed by atoms with van der Waals surface area (Å²) >= 11 is 6.53. The van der Waals surface area contributed by atoms with E-state index in [2.05, 4.69) is 10.2 Å². The summed E-state index contributed by atoms with van der Waals surface area (Å²) in [5, 5.41) is 19.9. The monoisotopic (exact) mass is 398 g/mol. The number of nitrogens with zero attached hydrogens (tertiary/aromatic N) is 3. The molecule has 2 heterocycles. The number of nitrogens with one attached hydrogen (secondary N) is 1. The Morgan fingerprint density at radius 3 is 2.78 bits per heavy atom. The van der Waals surface area contributed by atoms with Crippen LogP contribution in [0.3, 0.4) is 0 Å². The number of carbonyl (C=O) groups is 1. The van der Waals surface area contributed by atoms with Gasteiger partial charge in [-0.1, -0.05) is 30.3 Å². The number of H-pyrrole nitrogens is 1. The molecule has 1 aromatic heterocycles. The van der Waals surface area contributed by atoms with Gasteiger partial charge in [0.2, 0.25) is 4.77 Å². The van der Waals surface area contributed by atoms with E-state index < -0.39 is 5.56 Å². The molecule has 0 aliphatic carbocycles. The molecule has 1 fully saturated rings. The molecule has 2 N–H and O–H groups in total. The molecule has 3 aromatic rings. The van der Waals surface area contributed by atoms with Crippen molar-refractivity contribution in [2.75, 3.05) is 16.6 Å². The maximum Gasteiger partial charge on any atom is 0.299 e. The average molecular weight is 398 g/mol. The van der Waals surface area contributed by atoms with Gasteiger partial charge in [0, 0.05) is 5.56 Å². The summed E-state index contributed by atoms with van der Waals surface area (Å²) in [6.45, 7) is 0. The third-order valence-electron chi connectivity index (χ3n) is 4.20. The zero-order valence-electron chi connectivity index (χ0n) is 14.0. The summed E-state index contributed by atoms with van der Waals surface area (Å²) in [4.78, 5) is 24.8. The molecule has 1 saturated heterocycles. The van der Waals surface area contributed by atoms with Crippen molar-refractivity contribution in [3.8, 4) is 5.75 Å². The fourth-order valence-corrected chi connectivity index (χ4v) is 3.96. The smallest absolute Gasteiger partial charge is 0.299 e. The number of phenols is 1. The van der Waals surface area contributed by atoms with E-state index in [4.69, 9.17) is 12.2 Å². The Kier molecular flexibility index (Phi) is 4.54. The largest absolute Gasteiger partial charge is 0.507 e. The molecular formula is C18H14N4O3S2. The van der Waals surface area contributed by atoms with Crippen LogP contribution in [0.1, 0.15) is 11.3 Å². The van der Waals surface area contributed by atoms with Crippen LogP contribution >= 0.6 is 24.0 Å². The molecule has 0 saturated carbocycles. The number of aromatic amines is 1. The van der Waals surface area contributed by atoms with Crippen LogP contribution in [0, 0.1) is 4.77 Å². The Hall–Kier alpha value is -2.91. The van der Waals surface area contributed by atoms with Crippen LogP contribution in [0.15, 0.2) is 41.2 Å². The predicted octanol–water partition coefficient (Wildman–Crippen LogP) is 2.50. The summed E-state index contributed by atoms with van der Waals surface area (Å²) in [5.41, 5.74) is 0.169. The number of thioether (sulfide) groups is 1. The molecule has 0 radical (unpaired) electrons. The summed E-state index contributed by atoms with van der Waals surface area (Å²) in [5.74, 6) is 0.571. The molecule has 136 valence electrons. The first-order valence-electron chi connectivity index (χ1n) is 8.05. The van der Waals surface area contributed by atoms with E-state index in [1.165, 1.54) is 22.8 Å². The van der Waals surface area contributed by atoms with Crippen LogP contribution in [0.5, 0.6) is 5.75 Å². The highest BCUT2D eigenvalue weighted by molar-refractivity contribution is 8.00. The topological polar surface area (TPSA) is 91.2 Å². The Labute approximate surface area is 162 Å². The van der Waals surface area contributed by atoms with Gasteiger partial charge in [0.05, 0.1) is 11.6 Å². The quantitative estimate of drug-likeness (QED) is 0.659. The molecule has 0 atom stereocenters. The number of rotatable bonds is 3. The van der Waals surface area contributed by atoms with E-state index >= 15 is 0 Å². The zero-order valence-corrected chi connectivity index (χ0v) is 15.6. The zero-order chi connectivity index (χ0) is 19.0. The van der Waals surface area contributed by atoms with Crippen molar-refractivity contribution >= 4 is 52.8 Å². The molecule has 27 heavy (non-hydrogen) atoms. The van der Waals surface area contributed by atoms with E-state index in [0.717, 1.165) is 15.4 Å². The lowest BCUT2D eigenvalue weighted by atomic mass is 10.0. The number of fused-ring (bicyclic) bond motifs is 1. The number of phenolic OH excluding ortho intramolecular Hbond substituents is 1. The number of aromatic nitrogens is 3. The van der Waals surface area contributed by atoms with Gasteiger partial charge in [-0.3, -0.25) is 14.7 Å². The summed E-state index contributed by atoms with van der Waals surface area (Å²) in [6, 6.07) is 11.0. The molecule has 1 aliphatic heterocycles. The summed E-state index contributed by atoms with van der Waals surface area (Å²) in [7, 11) is 0. The van der Waals surface area contributed by atoms with Crippen molar-refractivity contribution in [2.24, 2.45) is 0 Å². The van der Waals surface area contributed by atoms with Crippen molar-refractivity contribution in [1.29, 1.82) is 0 Å². The van der Waals surface area contributed by atoms with E-state index in [0.29, 0.717) is 17.2 Å². The van der Waals surface area contributed by atoms with Crippen LogP contribution in [0.4, 0.5) is 0 Å². The molecule has 1 aliphatic rings. The minimum atomic E-state index is -0.495. The molecule has 9 heteroatoms. The third kappa shape index (κ3) is 3.15. The van der Waals surface area contributed by atoms with Crippen molar-refractivity contribution in [2.45, 2.75) is 0 Å². The SMILES string of the molecule is O=C1CSCN1n1c(=S)[nH]nc(C=Cc2c(O)ccc3ccccc23)c1=O. The van der Waals surface area contributed by atoms with Crippen LogP contribution in [-0.4, -0.2) is 37.5 Å². The summed E-state index contributed by atoms with van der Waals surface area (Å²) in [6.07, 6.45) is 3.13. The van der Waals surface area contributed by atoms with Gasteiger partial charge in [-0.25, -0.2) is 5.01 Å². The van der Waals surface area contributed by atoms with Crippen molar-refractivity contribution < 1.29 is 9.90 Å². The van der Waals surface area contributed by atoms with Gasteiger partial charge in [0.25, 0.3) is 11.5 Å². The lowest BCUT2D eigenvalue weighted by molar-refractivity contribution is -0.117. The van der Waals surface area contributed by atoms with Crippen LogP contribution in [0.2, 0.25) is 0 Å². The molecule has 0 bridgehead atoms. The van der Waals surface area contributed by atoms with Gasteiger partial charge >= 0.3 is 0 Å². The number of carbonyl (C=O) groups excluding carboxylic acids is 1. The molecular weight excluding hydrogens is 384 g/mol. The lowest BCUT2D eigenvalue weighted by Crippen LogP contribution is -2.45. The number of benzene rings is 2. The first-order valence-corrected chi connectivity index (χ1v) is 9.61. The van der Waals surface area contributed by atoms with E-state index in [1.54, 1.807) is 12.1 Å². The minimum Gasteiger partial charge on any atom is -0.507 e. The van der Waals surface area contributed by atoms with Gasteiger partial charge in [0.1, 0.15) is 5.75 Å². The van der Waals surface area contributed by atoms with Gasteiger partial charge in [-0.2, -0.15) is 9.77 Å². The van der Waals surface area contributed by atoms with E-state index in [9.17, 15) is 14.7 Å². The second-order valence-corrected chi connectivity index (χ2v) is 7.20. The molecule has 7 nitrogen and oxygen atoms in total. The first kappa shape index (κ1) is 17.5. The van der Waals surface area contributed by atoms with E-state index in [1.807, 2.05) is 30.3 Å². The van der Waals surface area contributed by atoms with Crippen molar-refractivity contribution in [3.63, 3.8) is 0 Å². The highest BCUT2D eigenvalue weighted by Gasteiger charge is 2.25. The predicted molar refractivity (Wildman–Crippen MR) is 109 cm³/mol. The van der Waals surface area contributed by atoms with Gasteiger partial charge in [-0.05, 0) is 41.2 Å². The molecule has 1 amide bonds. The van der Waals surface area contributed by atoms with E-state index in [-0.39, 0.29) is 22.1 Å². The second kappa shape index (κ2) is 7.01. The van der Waals surface area contributed by atoms with Crippen molar-refractivity contribution in [1.82, 2.24) is 14.9 Å². The molecule has 0 unspecified atom stereocenters. The lowest BCUT2D eigenvalue weighted by Gasteiger charge is -2.16. The normalized spacial score (nSPS) is 14.5. The average Bonchev–Trinajstić information content (AvgIpc) is 3.08. The number of hydrogen-bond donors (Lipinski definition) is 2. The van der Waals surface area contributed by atoms with Crippen molar-refractivity contribution in [3.05, 3.63) is 62.8 Å². The van der Waals surface area contributed by atoms with Gasteiger partial charge in [-0.15, -0.1) is 11.8 Å². The van der Waals surface area contributed by atoms with Gasteiger partial charge in [0.15, 0.2) is 5.69 Å². The Morgan fingerprint density at radius 2 is 2.00 bits per heavy atom. The fourth-order valence-electron chi connectivity index (χ4n) is 2.89. The Balaban J connectivity index is 1.80. The highest BCUT2D eigenvalue weighted by Crippen LogP contribution is 2.28. The Morgan fingerprint density at radius 1 is 1.19 bits per heavy atom. The summed E-state index contributed by atoms with van der Waals surface area (Å²) < 4.78 is 1.19. The molecule has 4 rings (SSSR count). The number of aromatic hydroxyl groups is 1. The molecule has 2 aromatic carbocycles. The van der Waals surface area contributed by atoms with Crippen LogP contribution < -0.4 is 10.6 Å². The Bertz CT molecular complexity index is 1200. The minimum absolute atomic E-state index is 0.0565. The number of amides is 1. The highest BCUT2D eigenvalue weighted by atomic mass is 32.2. The fraction of sp³-hybridized carbons (Fsp3) is 0.111. The molecule has 0 spiro atoms. The van der Waals surface area contributed by atoms with Crippen LogP contribution in [-0.2, 0) is 4.79 Å².